The summed E-state index contributed by atoms with van der Waals surface area (Å²) in [6, 6.07) is 5.39. The van der Waals surface area contributed by atoms with Crippen LogP contribution in [0.15, 0.2) is 24.4 Å². The van der Waals surface area contributed by atoms with Gasteiger partial charge in [-0.15, -0.1) is 0 Å². The molecule has 0 fully saturated rings. The van der Waals surface area contributed by atoms with Crippen LogP contribution in [0.5, 0.6) is 0 Å². The molecule has 0 aliphatic carbocycles. The van der Waals surface area contributed by atoms with Gasteiger partial charge in [0.2, 0.25) is 0 Å². The number of aromatic nitrogens is 2. The lowest BCUT2D eigenvalue weighted by molar-refractivity contribution is 0.0788. The van der Waals surface area contributed by atoms with Crippen LogP contribution in [0.3, 0.4) is 0 Å². The Kier molecular flexibility index (Phi) is 3.25. The lowest BCUT2D eigenvalue weighted by atomic mass is 10.1. The molecule has 2 rings (SSSR count). The fraction of sp³-hybridized carbons (Fsp3) is 0.308. The highest BCUT2D eigenvalue weighted by Gasteiger charge is 2.26. The van der Waals surface area contributed by atoms with E-state index in [9.17, 15) is 9.59 Å². The van der Waals surface area contributed by atoms with Crippen molar-refractivity contribution >= 4 is 17.3 Å². The molecular formula is C13H16N4O2. The molecule has 100 valence electrons. The molecule has 2 heterocycles. The number of carbonyl (C=O) groups excluding carboxylic acids is 2. The van der Waals surface area contributed by atoms with E-state index in [1.54, 1.807) is 51.0 Å². The number of fused-ring (bicyclic) bond motifs is 1. The van der Waals surface area contributed by atoms with Crippen LogP contribution >= 0.6 is 0 Å². The second-order valence-corrected chi connectivity index (χ2v) is 4.65. The van der Waals surface area contributed by atoms with Crippen LogP contribution in [0.2, 0.25) is 0 Å². The van der Waals surface area contributed by atoms with Gasteiger partial charge in [0, 0.05) is 34.4 Å². The molecule has 2 amide bonds. The van der Waals surface area contributed by atoms with E-state index in [2.05, 4.69) is 5.10 Å². The summed E-state index contributed by atoms with van der Waals surface area (Å²) in [5.74, 6) is -0.514. The number of nitrogens with zero attached hydrogens (tertiary/aromatic N) is 4. The molecule has 0 aliphatic rings. The molecule has 0 saturated carbocycles. The second-order valence-electron chi connectivity index (χ2n) is 4.65. The lowest BCUT2D eigenvalue weighted by Crippen LogP contribution is -2.28. The maximum absolute atomic E-state index is 12.3. The molecule has 2 aromatic rings. The summed E-state index contributed by atoms with van der Waals surface area (Å²) in [6.45, 7) is 0. The maximum atomic E-state index is 12.3. The van der Waals surface area contributed by atoms with Gasteiger partial charge in [-0.3, -0.25) is 9.59 Å². The first-order valence-corrected chi connectivity index (χ1v) is 5.84. The molecule has 0 radical (unpaired) electrons. The number of hydrogen-bond donors (Lipinski definition) is 0. The molecule has 0 aliphatic heterocycles. The summed E-state index contributed by atoms with van der Waals surface area (Å²) in [4.78, 5) is 27.3. The average molecular weight is 260 g/mol. The third-order valence-electron chi connectivity index (χ3n) is 2.77. The number of carbonyl (C=O) groups is 2. The third-order valence-corrected chi connectivity index (χ3v) is 2.77. The normalized spacial score (nSPS) is 10.5. The minimum Gasteiger partial charge on any atom is -0.345 e. The van der Waals surface area contributed by atoms with Crippen molar-refractivity contribution in [2.75, 3.05) is 28.2 Å². The molecule has 0 atom stereocenters. The molecule has 0 aromatic carbocycles. The zero-order chi connectivity index (χ0) is 14.2. The summed E-state index contributed by atoms with van der Waals surface area (Å²) < 4.78 is 1.55. The summed E-state index contributed by atoms with van der Waals surface area (Å²) in [7, 11) is 6.57. The van der Waals surface area contributed by atoms with Gasteiger partial charge in [-0.2, -0.15) is 5.10 Å². The monoisotopic (exact) mass is 260 g/mol. The van der Waals surface area contributed by atoms with Crippen LogP contribution in [-0.4, -0.2) is 59.4 Å². The highest BCUT2D eigenvalue weighted by Crippen LogP contribution is 2.18. The Bertz CT molecular complexity index is 643. The Morgan fingerprint density at radius 2 is 1.68 bits per heavy atom. The van der Waals surface area contributed by atoms with E-state index in [4.69, 9.17) is 0 Å². The standard InChI is InChI=1S/C13H16N4O2/c1-15(2)12(18)10-9-7-5-6-8-17(9)14-11(10)13(19)16(3)4/h5-8H,1-4H3. The first kappa shape index (κ1) is 13.1. The summed E-state index contributed by atoms with van der Waals surface area (Å²) in [5.41, 5.74) is 1.14. The smallest absolute Gasteiger partial charge is 0.274 e. The first-order valence-electron chi connectivity index (χ1n) is 5.84. The quantitative estimate of drug-likeness (QED) is 0.800. The van der Waals surface area contributed by atoms with Gasteiger partial charge in [0.05, 0.1) is 11.1 Å². The number of hydrogen-bond acceptors (Lipinski definition) is 3. The molecule has 0 spiro atoms. The molecule has 0 unspecified atom stereocenters. The van der Waals surface area contributed by atoms with E-state index in [1.165, 1.54) is 9.80 Å². The third kappa shape index (κ3) is 2.16. The van der Waals surface area contributed by atoms with Crippen molar-refractivity contribution in [1.82, 2.24) is 19.4 Å². The minimum atomic E-state index is -0.283. The fourth-order valence-electron chi connectivity index (χ4n) is 1.79. The predicted octanol–water partition coefficient (Wildman–Crippen LogP) is 0.738. The predicted molar refractivity (Wildman–Crippen MR) is 71.2 cm³/mol. The largest absolute Gasteiger partial charge is 0.345 e. The number of rotatable bonds is 2. The minimum absolute atomic E-state index is 0.176. The van der Waals surface area contributed by atoms with Crippen LogP contribution in [0.1, 0.15) is 20.8 Å². The van der Waals surface area contributed by atoms with Crippen molar-refractivity contribution in [2.45, 2.75) is 0 Å². The van der Waals surface area contributed by atoms with Gasteiger partial charge in [-0.25, -0.2) is 4.52 Å². The van der Waals surface area contributed by atoms with Gasteiger partial charge < -0.3 is 9.80 Å². The summed E-state index contributed by atoms with van der Waals surface area (Å²) in [5, 5.41) is 4.22. The Hall–Kier alpha value is -2.37. The topological polar surface area (TPSA) is 57.9 Å². The van der Waals surface area contributed by atoms with E-state index >= 15 is 0 Å². The lowest BCUT2D eigenvalue weighted by Gasteiger charge is -2.12. The van der Waals surface area contributed by atoms with E-state index < -0.39 is 0 Å². The second kappa shape index (κ2) is 4.72. The Morgan fingerprint density at radius 1 is 1.05 bits per heavy atom. The zero-order valence-electron chi connectivity index (χ0n) is 11.4. The highest BCUT2D eigenvalue weighted by molar-refractivity contribution is 6.10. The highest BCUT2D eigenvalue weighted by atomic mass is 16.2. The van der Waals surface area contributed by atoms with Gasteiger partial charge in [0.15, 0.2) is 5.69 Å². The van der Waals surface area contributed by atoms with E-state index in [0.29, 0.717) is 11.1 Å². The van der Waals surface area contributed by atoms with E-state index in [0.717, 1.165) is 0 Å². The van der Waals surface area contributed by atoms with Gasteiger partial charge in [0.1, 0.15) is 0 Å². The van der Waals surface area contributed by atoms with Crippen LogP contribution in [-0.2, 0) is 0 Å². The van der Waals surface area contributed by atoms with Crippen molar-refractivity contribution in [3.63, 3.8) is 0 Å². The molecule has 19 heavy (non-hydrogen) atoms. The number of amides is 2. The first-order chi connectivity index (χ1) is 8.93. The van der Waals surface area contributed by atoms with E-state index in [1.807, 2.05) is 6.07 Å². The average Bonchev–Trinajstić information content (AvgIpc) is 2.75. The van der Waals surface area contributed by atoms with Gasteiger partial charge in [-0.05, 0) is 12.1 Å². The van der Waals surface area contributed by atoms with Gasteiger partial charge in [0.25, 0.3) is 11.8 Å². The van der Waals surface area contributed by atoms with Crippen molar-refractivity contribution in [1.29, 1.82) is 0 Å². The Balaban J connectivity index is 2.72. The summed E-state index contributed by atoms with van der Waals surface area (Å²) >= 11 is 0. The van der Waals surface area contributed by atoms with E-state index in [-0.39, 0.29) is 17.5 Å². The molecule has 2 aromatic heterocycles. The summed E-state index contributed by atoms with van der Waals surface area (Å²) in [6.07, 6.45) is 1.72. The Morgan fingerprint density at radius 3 is 2.26 bits per heavy atom. The van der Waals surface area contributed by atoms with Crippen LogP contribution in [0.25, 0.3) is 5.52 Å². The van der Waals surface area contributed by atoms with Crippen molar-refractivity contribution in [2.24, 2.45) is 0 Å². The Labute approximate surface area is 111 Å². The van der Waals surface area contributed by atoms with Crippen molar-refractivity contribution < 1.29 is 9.59 Å². The molecule has 0 bridgehead atoms. The SMILES string of the molecule is CN(C)C(=O)c1nn2ccccc2c1C(=O)N(C)C. The van der Waals surface area contributed by atoms with Crippen LogP contribution in [0, 0.1) is 0 Å². The van der Waals surface area contributed by atoms with Crippen molar-refractivity contribution in [3.8, 4) is 0 Å². The molecule has 6 nitrogen and oxygen atoms in total. The zero-order valence-corrected chi connectivity index (χ0v) is 11.4. The van der Waals surface area contributed by atoms with Crippen LogP contribution in [0.4, 0.5) is 0 Å². The van der Waals surface area contributed by atoms with Gasteiger partial charge >= 0.3 is 0 Å². The maximum Gasteiger partial charge on any atom is 0.274 e. The molecule has 0 saturated heterocycles. The van der Waals surface area contributed by atoms with Crippen molar-refractivity contribution in [3.05, 3.63) is 35.7 Å². The number of pyridine rings is 1. The molecular weight excluding hydrogens is 244 g/mol. The fourth-order valence-corrected chi connectivity index (χ4v) is 1.79. The molecule has 0 N–H and O–H groups in total. The van der Waals surface area contributed by atoms with Crippen LogP contribution < -0.4 is 0 Å². The molecule has 6 heteroatoms. The van der Waals surface area contributed by atoms with Gasteiger partial charge in [-0.1, -0.05) is 6.07 Å².